The van der Waals surface area contributed by atoms with Crippen molar-refractivity contribution in [3.63, 3.8) is 0 Å². The first-order chi connectivity index (χ1) is 13.9. The fourth-order valence-electron chi connectivity index (χ4n) is 5.39. The van der Waals surface area contributed by atoms with Gasteiger partial charge in [-0.25, -0.2) is 4.98 Å². The molecule has 0 saturated carbocycles. The molecule has 2 aliphatic heterocycles. The van der Waals surface area contributed by atoms with Crippen LogP contribution in [-0.4, -0.2) is 34.0 Å². The first kappa shape index (κ1) is 16.4. The lowest BCUT2D eigenvalue weighted by Crippen LogP contribution is -2.46. The molecule has 2 aromatic heterocycles. The first-order valence-corrected chi connectivity index (χ1v) is 10.6. The van der Waals surface area contributed by atoms with Crippen molar-refractivity contribution in [1.82, 2.24) is 14.9 Å². The lowest BCUT2D eigenvalue weighted by molar-refractivity contribution is 0.0895. The normalized spacial score (nSPS) is 23.3. The molecule has 2 unspecified atom stereocenters. The maximum Gasteiger partial charge on any atom is 0.138 e. The standard InChI is InChI=1S/C24H25N3O/c1-2-8-21-20(7-1)25-24(26-21)16-10-11-23-18(14-16)19(15-28-23)17-6-5-13-27-12-4-3-9-22(17)27/h1-2,7-8,10-11,14-15,17,22H,3-6,9,12-13H2,(H,25,26). The summed E-state index contributed by atoms with van der Waals surface area (Å²) in [6, 6.07) is 15.4. The highest BCUT2D eigenvalue weighted by atomic mass is 16.3. The zero-order chi connectivity index (χ0) is 18.5. The van der Waals surface area contributed by atoms with E-state index in [0.717, 1.165) is 28.0 Å². The van der Waals surface area contributed by atoms with Gasteiger partial charge in [0.15, 0.2) is 0 Å². The van der Waals surface area contributed by atoms with Crippen LogP contribution in [0.1, 0.15) is 43.6 Å². The van der Waals surface area contributed by atoms with Gasteiger partial charge >= 0.3 is 0 Å². The Morgan fingerprint density at radius 2 is 1.93 bits per heavy atom. The number of hydrogen-bond donors (Lipinski definition) is 1. The molecule has 4 heteroatoms. The van der Waals surface area contributed by atoms with Crippen LogP contribution in [0, 0.1) is 0 Å². The second-order valence-corrected chi connectivity index (χ2v) is 8.35. The van der Waals surface area contributed by atoms with Crippen LogP contribution >= 0.6 is 0 Å². The van der Waals surface area contributed by atoms with Gasteiger partial charge < -0.3 is 9.40 Å². The molecule has 2 saturated heterocycles. The highest BCUT2D eigenvalue weighted by Gasteiger charge is 2.35. The summed E-state index contributed by atoms with van der Waals surface area (Å²) < 4.78 is 5.98. The van der Waals surface area contributed by atoms with Gasteiger partial charge in [0.2, 0.25) is 0 Å². The molecule has 1 N–H and O–H groups in total. The molecule has 0 amide bonds. The number of piperidine rings is 2. The van der Waals surface area contributed by atoms with E-state index >= 15 is 0 Å². The number of nitrogens with zero attached hydrogens (tertiary/aromatic N) is 2. The van der Waals surface area contributed by atoms with Gasteiger partial charge in [0, 0.05) is 28.5 Å². The van der Waals surface area contributed by atoms with Crippen molar-refractivity contribution >= 4 is 22.0 Å². The lowest BCUT2D eigenvalue weighted by Gasteiger charge is -2.44. The van der Waals surface area contributed by atoms with Crippen LogP contribution in [-0.2, 0) is 0 Å². The SMILES string of the molecule is c1ccc2[nH]c(-c3ccc4occ(C5CCCN6CCCCC56)c4c3)nc2c1. The highest BCUT2D eigenvalue weighted by Crippen LogP contribution is 2.41. The number of rotatable bonds is 2. The number of para-hydroxylation sites is 2. The minimum Gasteiger partial charge on any atom is -0.464 e. The minimum absolute atomic E-state index is 0.584. The Morgan fingerprint density at radius 3 is 2.89 bits per heavy atom. The molecule has 2 fully saturated rings. The van der Waals surface area contributed by atoms with Crippen molar-refractivity contribution < 1.29 is 4.42 Å². The second kappa shape index (κ2) is 6.49. The molecule has 0 aliphatic carbocycles. The fraction of sp³-hybridized carbons (Fsp3) is 0.375. The molecule has 4 aromatic rings. The Labute approximate surface area is 164 Å². The van der Waals surface area contributed by atoms with Gasteiger partial charge in [0.05, 0.1) is 17.3 Å². The van der Waals surface area contributed by atoms with Crippen LogP contribution < -0.4 is 0 Å². The van der Waals surface area contributed by atoms with Gasteiger partial charge in [0.25, 0.3) is 0 Å². The Bertz CT molecular complexity index is 1110. The number of nitrogens with one attached hydrogen (secondary N) is 1. The summed E-state index contributed by atoms with van der Waals surface area (Å²) in [6.45, 7) is 2.53. The van der Waals surface area contributed by atoms with Crippen molar-refractivity contribution in [2.45, 2.75) is 44.1 Å². The monoisotopic (exact) mass is 371 g/mol. The maximum absolute atomic E-state index is 5.98. The summed E-state index contributed by atoms with van der Waals surface area (Å²) in [5.41, 5.74) is 5.60. The van der Waals surface area contributed by atoms with E-state index < -0.39 is 0 Å². The number of benzene rings is 2. The third-order valence-electron chi connectivity index (χ3n) is 6.75. The largest absolute Gasteiger partial charge is 0.464 e. The third-order valence-corrected chi connectivity index (χ3v) is 6.75. The molecule has 0 spiro atoms. The molecular formula is C24H25N3O. The predicted octanol–water partition coefficient (Wildman–Crippen LogP) is 5.71. The number of fused-ring (bicyclic) bond motifs is 3. The maximum atomic E-state index is 5.98. The number of hydrogen-bond acceptors (Lipinski definition) is 3. The Morgan fingerprint density at radius 1 is 1.00 bits per heavy atom. The third kappa shape index (κ3) is 2.59. The number of aromatic amines is 1. The van der Waals surface area contributed by atoms with E-state index in [1.165, 1.54) is 56.1 Å². The van der Waals surface area contributed by atoms with Gasteiger partial charge in [-0.3, -0.25) is 4.90 Å². The average Bonchev–Trinajstić information content (AvgIpc) is 3.37. The molecule has 4 nitrogen and oxygen atoms in total. The van der Waals surface area contributed by atoms with Crippen molar-refractivity contribution in [3.05, 3.63) is 54.3 Å². The summed E-state index contributed by atoms with van der Waals surface area (Å²) >= 11 is 0. The molecule has 28 heavy (non-hydrogen) atoms. The average molecular weight is 371 g/mol. The van der Waals surface area contributed by atoms with Crippen LogP contribution in [0.2, 0.25) is 0 Å². The number of aromatic nitrogens is 2. The van der Waals surface area contributed by atoms with Crippen LogP contribution in [0.15, 0.2) is 53.1 Å². The molecule has 142 valence electrons. The van der Waals surface area contributed by atoms with E-state index in [9.17, 15) is 0 Å². The Kier molecular flexibility index (Phi) is 3.79. The van der Waals surface area contributed by atoms with Crippen LogP contribution in [0.3, 0.4) is 0 Å². The lowest BCUT2D eigenvalue weighted by atomic mass is 9.79. The predicted molar refractivity (Wildman–Crippen MR) is 112 cm³/mol. The van der Waals surface area contributed by atoms with Crippen molar-refractivity contribution in [2.24, 2.45) is 0 Å². The molecule has 0 bridgehead atoms. The molecule has 6 rings (SSSR count). The molecule has 2 aromatic carbocycles. The second-order valence-electron chi connectivity index (χ2n) is 8.35. The molecule has 2 atom stereocenters. The van der Waals surface area contributed by atoms with Crippen LogP contribution in [0.5, 0.6) is 0 Å². The summed E-state index contributed by atoms with van der Waals surface area (Å²) in [5, 5.41) is 1.26. The smallest absolute Gasteiger partial charge is 0.138 e. The number of H-pyrrole nitrogens is 1. The zero-order valence-corrected chi connectivity index (χ0v) is 16.0. The number of furan rings is 1. The van der Waals surface area contributed by atoms with E-state index in [4.69, 9.17) is 9.40 Å². The van der Waals surface area contributed by atoms with Crippen LogP contribution in [0.4, 0.5) is 0 Å². The van der Waals surface area contributed by atoms with Gasteiger partial charge in [-0.2, -0.15) is 0 Å². The van der Waals surface area contributed by atoms with Crippen molar-refractivity contribution in [3.8, 4) is 11.4 Å². The van der Waals surface area contributed by atoms with E-state index in [0.29, 0.717) is 12.0 Å². The molecule has 0 radical (unpaired) electrons. The van der Waals surface area contributed by atoms with Crippen molar-refractivity contribution in [1.29, 1.82) is 0 Å². The van der Waals surface area contributed by atoms with Gasteiger partial charge in [0.1, 0.15) is 11.4 Å². The topological polar surface area (TPSA) is 45.1 Å². The molecule has 4 heterocycles. The van der Waals surface area contributed by atoms with E-state index in [-0.39, 0.29) is 0 Å². The molecular weight excluding hydrogens is 346 g/mol. The summed E-state index contributed by atoms with van der Waals surface area (Å²) in [7, 11) is 0. The quantitative estimate of drug-likeness (QED) is 0.491. The van der Waals surface area contributed by atoms with E-state index in [1.54, 1.807) is 0 Å². The Hall–Kier alpha value is -2.59. The van der Waals surface area contributed by atoms with E-state index in [2.05, 4.69) is 40.2 Å². The van der Waals surface area contributed by atoms with Gasteiger partial charge in [-0.1, -0.05) is 18.6 Å². The fourth-order valence-corrected chi connectivity index (χ4v) is 5.39. The van der Waals surface area contributed by atoms with E-state index in [1.807, 2.05) is 18.4 Å². The number of imidazole rings is 1. The molecule has 2 aliphatic rings. The minimum atomic E-state index is 0.584. The van der Waals surface area contributed by atoms with Crippen molar-refractivity contribution in [2.75, 3.05) is 13.1 Å². The summed E-state index contributed by atoms with van der Waals surface area (Å²) in [6.07, 6.45) is 8.61. The van der Waals surface area contributed by atoms with Gasteiger partial charge in [-0.05, 0) is 69.1 Å². The summed E-state index contributed by atoms with van der Waals surface area (Å²) in [4.78, 5) is 11.0. The Balaban J connectivity index is 1.43. The van der Waals surface area contributed by atoms with Gasteiger partial charge in [-0.15, -0.1) is 0 Å². The highest BCUT2D eigenvalue weighted by molar-refractivity contribution is 5.87. The summed E-state index contributed by atoms with van der Waals surface area (Å²) in [5.74, 6) is 1.51. The van der Waals surface area contributed by atoms with Crippen LogP contribution in [0.25, 0.3) is 33.4 Å². The first-order valence-electron chi connectivity index (χ1n) is 10.6. The zero-order valence-electron chi connectivity index (χ0n) is 16.0.